The second-order valence-electron chi connectivity index (χ2n) is 7.28. The summed E-state index contributed by atoms with van der Waals surface area (Å²) in [6.45, 7) is 5.67. The molecule has 3 aromatic rings. The maximum absolute atomic E-state index is 12.7. The molecule has 0 amide bonds. The van der Waals surface area contributed by atoms with Crippen molar-refractivity contribution in [2.45, 2.75) is 27.3 Å². The zero-order valence-corrected chi connectivity index (χ0v) is 18.2. The van der Waals surface area contributed by atoms with Crippen molar-refractivity contribution in [2.75, 3.05) is 13.4 Å². The van der Waals surface area contributed by atoms with E-state index >= 15 is 0 Å². The highest BCUT2D eigenvalue weighted by Crippen LogP contribution is 2.33. The Hall–Kier alpha value is -3.39. The van der Waals surface area contributed by atoms with E-state index in [-0.39, 0.29) is 25.0 Å². The molecule has 1 aliphatic heterocycles. The van der Waals surface area contributed by atoms with Gasteiger partial charge in [-0.15, -0.1) is 11.3 Å². The van der Waals surface area contributed by atoms with Crippen LogP contribution >= 0.6 is 11.3 Å². The molecule has 2 aromatic heterocycles. The Morgan fingerprint density at radius 1 is 1.03 bits per heavy atom. The molecule has 1 aromatic carbocycles. The van der Waals surface area contributed by atoms with E-state index in [1.54, 1.807) is 12.1 Å². The average molecular weight is 439 g/mol. The molecule has 4 rings (SSSR count). The van der Waals surface area contributed by atoms with E-state index in [4.69, 9.17) is 14.2 Å². The summed E-state index contributed by atoms with van der Waals surface area (Å²) >= 11 is 1.06. The number of carbonyl (C=O) groups is 3. The van der Waals surface area contributed by atoms with Gasteiger partial charge in [-0.25, -0.2) is 4.79 Å². The highest BCUT2D eigenvalue weighted by atomic mass is 32.1. The summed E-state index contributed by atoms with van der Waals surface area (Å²) in [5.41, 5.74) is 3.26. The number of rotatable bonds is 7. The first kappa shape index (κ1) is 20.9. The van der Waals surface area contributed by atoms with Crippen LogP contribution in [0.4, 0.5) is 0 Å². The van der Waals surface area contributed by atoms with Crippen LogP contribution in [0.2, 0.25) is 0 Å². The molecular weight excluding hydrogens is 418 g/mol. The Kier molecular flexibility index (Phi) is 5.65. The largest absolute Gasteiger partial charge is 0.454 e. The molecule has 160 valence electrons. The topological polar surface area (TPSA) is 83.8 Å². The Morgan fingerprint density at radius 2 is 1.77 bits per heavy atom. The van der Waals surface area contributed by atoms with Crippen LogP contribution in [-0.2, 0) is 11.3 Å². The molecule has 0 radical (unpaired) electrons. The molecule has 0 fully saturated rings. The number of aryl methyl sites for hydroxylation is 1. The van der Waals surface area contributed by atoms with Crippen LogP contribution in [0.5, 0.6) is 11.5 Å². The third-order valence-electron chi connectivity index (χ3n) is 5.14. The number of carbonyl (C=O) groups excluding carboxylic acids is 3. The molecule has 8 heteroatoms. The van der Waals surface area contributed by atoms with Gasteiger partial charge in [0.25, 0.3) is 0 Å². The van der Waals surface area contributed by atoms with Gasteiger partial charge in [0.2, 0.25) is 12.6 Å². The number of ether oxygens (including phenoxy) is 3. The summed E-state index contributed by atoms with van der Waals surface area (Å²) in [5.74, 6) is 0.435. The van der Waals surface area contributed by atoms with E-state index < -0.39 is 5.97 Å². The fraction of sp³-hybridized carbons (Fsp3) is 0.261. The van der Waals surface area contributed by atoms with Crippen molar-refractivity contribution in [3.05, 3.63) is 68.7 Å². The first-order valence-corrected chi connectivity index (χ1v) is 10.5. The molecule has 0 aliphatic carbocycles. The molecule has 0 saturated carbocycles. The number of Topliss-reactive ketones (excluding diaryl/α,β-unsaturated/α-hetero) is 2. The van der Waals surface area contributed by atoms with Gasteiger partial charge in [-0.2, -0.15) is 0 Å². The first-order valence-electron chi connectivity index (χ1n) is 9.70. The Morgan fingerprint density at radius 3 is 2.52 bits per heavy atom. The quantitative estimate of drug-likeness (QED) is 0.406. The van der Waals surface area contributed by atoms with E-state index in [0.29, 0.717) is 27.6 Å². The number of hydrogen-bond donors (Lipinski definition) is 0. The van der Waals surface area contributed by atoms with Crippen LogP contribution in [0.3, 0.4) is 0 Å². The van der Waals surface area contributed by atoms with Gasteiger partial charge < -0.3 is 18.8 Å². The van der Waals surface area contributed by atoms with Crippen molar-refractivity contribution in [1.29, 1.82) is 0 Å². The summed E-state index contributed by atoms with van der Waals surface area (Å²) in [4.78, 5) is 37.1. The fourth-order valence-corrected chi connectivity index (χ4v) is 4.26. The van der Waals surface area contributed by atoms with E-state index in [9.17, 15) is 14.4 Å². The van der Waals surface area contributed by atoms with E-state index in [2.05, 4.69) is 0 Å². The van der Waals surface area contributed by atoms with Crippen LogP contribution in [-0.4, -0.2) is 35.5 Å². The SMILES string of the molecule is CC(=O)c1ccc(C(=O)OCC(=O)c2cc(C)n(Cc3ccc4c(c3)OCO4)c2C)s1. The number of nitrogens with zero attached hydrogens (tertiary/aromatic N) is 1. The number of fused-ring (bicyclic) bond motifs is 1. The number of esters is 1. The van der Waals surface area contributed by atoms with Gasteiger partial charge in [-0.05, 0) is 56.7 Å². The van der Waals surface area contributed by atoms with Crippen LogP contribution < -0.4 is 9.47 Å². The molecule has 3 heterocycles. The van der Waals surface area contributed by atoms with Crippen molar-refractivity contribution in [3.8, 4) is 11.5 Å². The highest BCUT2D eigenvalue weighted by molar-refractivity contribution is 7.15. The Balaban J connectivity index is 1.44. The van der Waals surface area contributed by atoms with Gasteiger partial charge in [0.05, 0.1) is 4.88 Å². The van der Waals surface area contributed by atoms with Gasteiger partial charge in [0.1, 0.15) is 4.88 Å². The first-order chi connectivity index (χ1) is 14.8. The Bertz CT molecular complexity index is 1190. The molecule has 7 nitrogen and oxygen atoms in total. The zero-order valence-electron chi connectivity index (χ0n) is 17.4. The highest BCUT2D eigenvalue weighted by Gasteiger charge is 2.20. The predicted molar refractivity (Wildman–Crippen MR) is 115 cm³/mol. The number of aromatic nitrogens is 1. The van der Waals surface area contributed by atoms with Crippen molar-refractivity contribution >= 4 is 28.9 Å². The molecule has 0 spiro atoms. The summed E-state index contributed by atoms with van der Waals surface area (Å²) in [7, 11) is 0. The maximum atomic E-state index is 12.7. The maximum Gasteiger partial charge on any atom is 0.348 e. The molecule has 0 atom stereocenters. The van der Waals surface area contributed by atoms with E-state index in [1.807, 2.05) is 36.6 Å². The molecule has 0 unspecified atom stereocenters. The van der Waals surface area contributed by atoms with Gasteiger partial charge in [-0.3, -0.25) is 9.59 Å². The predicted octanol–water partition coefficient (Wildman–Crippen LogP) is 4.19. The van der Waals surface area contributed by atoms with Crippen molar-refractivity contribution in [2.24, 2.45) is 0 Å². The lowest BCUT2D eigenvalue weighted by molar-refractivity contribution is 0.0479. The monoisotopic (exact) mass is 439 g/mol. The smallest absolute Gasteiger partial charge is 0.348 e. The minimum absolute atomic E-state index is 0.116. The molecule has 0 bridgehead atoms. The molecule has 0 N–H and O–H groups in total. The minimum Gasteiger partial charge on any atom is -0.454 e. The number of ketones is 2. The number of thiophene rings is 1. The van der Waals surface area contributed by atoms with E-state index in [0.717, 1.165) is 34.0 Å². The molecule has 31 heavy (non-hydrogen) atoms. The fourth-order valence-electron chi connectivity index (χ4n) is 3.47. The standard InChI is InChI=1S/C23H21NO6S/c1-13-8-17(18(26)11-28-23(27)22-7-6-21(31-22)15(3)25)14(2)24(13)10-16-4-5-19-20(9-16)30-12-29-19/h4-9H,10-12H2,1-3H3. The van der Waals surface area contributed by atoms with Crippen LogP contribution in [0.15, 0.2) is 36.4 Å². The van der Waals surface area contributed by atoms with E-state index in [1.165, 1.54) is 13.0 Å². The average Bonchev–Trinajstić information content (AvgIpc) is 3.47. The number of hydrogen-bond acceptors (Lipinski definition) is 7. The van der Waals surface area contributed by atoms with Gasteiger partial charge in [-0.1, -0.05) is 6.07 Å². The number of benzene rings is 1. The van der Waals surface area contributed by atoms with Crippen molar-refractivity contribution < 1.29 is 28.6 Å². The summed E-state index contributed by atoms with van der Waals surface area (Å²) < 4.78 is 18.0. The summed E-state index contributed by atoms with van der Waals surface area (Å²) in [6.07, 6.45) is 0. The van der Waals surface area contributed by atoms with Crippen molar-refractivity contribution in [3.63, 3.8) is 0 Å². The third-order valence-corrected chi connectivity index (χ3v) is 6.31. The van der Waals surface area contributed by atoms with Crippen LogP contribution in [0.1, 0.15) is 53.6 Å². The van der Waals surface area contributed by atoms with Gasteiger partial charge in [0.15, 0.2) is 23.9 Å². The normalized spacial score (nSPS) is 12.1. The van der Waals surface area contributed by atoms with Crippen LogP contribution in [0, 0.1) is 13.8 Å². The lowest BCUT2D eigenvalue weighted by Gasteiger charge is -2.11. The van der Waals surface area contributed by atoms with Gasteiger partial charge >= 0.3 is 5.97 Å². The van der Waals surface area contributed by atoms with Gasteiger partial charge in [0, 0.05) is 23.5 Å². The molecule has 0 saturated heterocycles. The van der Waals surface area contributed by atoms with Crippen LogP contribution in [0.25, 0.3) is 0 Å². The lowest BCUT2D eigenvalue weighted by Crippen LogP contribution is -2.14. The summed E-state index contributed by atoms with van der Waals surface area (Å²) in [6, 6.07) is 10.7. The minimum atomic E-state index is -0.611. The molecular formula is C23H21NO6S. The Labute approximate surface area is 183 Å². The summed E-state index contributed by atoms with van der Waals surface area (Å²) in [5, 5.41) is 0. The molecule has 1 aliphatic rings. The second kappa shape index (κ2) is 8.39. The van der Waals surface area contributed by atoms with Crippen molar-refractivity contribution in [1.82, 2.24) is 4.57 Å². The third kappa shape index (κ3) is 4.25. The zero-order chi connectivity index (χ0) is 22.1. The lowest BCUT2D eigenvalue weighted by atomic mass is 10.1. The second-order valence-corrected chi connectivity index (χ2v) is 8.36.